The molecular weight excluding hydrogens is 323 g/mol. The number of primary amides is 1. The number of hydrogen-bond donors (Lipinski definition) is 2. The van der Waals surface area contributed by atoms with E-state index < -0.39 is 21.5 Å². The van der Waals surface area contributed by atoms with Gasteiger partial charge in [-0.05, 0) is 31.0 Å². The van der Waals surface area contributed by atoms with Gasteiger partial charge in [0.05, 0.1) is 4.90 Å². The van der Waals surface area contributed by atoms with Gasteiger partial charge in [0.15, 0.2) is 0 Å². The molecule has 1 aliphatic carbocycles. The maximum absolute atomic E-state index is 12.4. The summed E-state index contributed by atoms with van der Waals surface area (Å²) in [6.45, 7) is 0. The fourth-order valence-electron chi connectivity index (χ4n) is 2.38. The van der Waals surface area contributed by atoms with Crippen LogP contribution in [0, 0.1) is 0 Å². The Hall–Kier alpha value is -0.820. The van der Waals surface area contributed by atoms with Crippen LogP contribution in [-0.2, 0) is 14.8 Å². The molecule has 1 aromatic rings. The first-order valence-corrected chi connectivity index (χ1v) is 8.29. The van der Waals surface area contributed by atoms with Crippen LogP contribution >= 0.6 is 23.2 Å². The summed E-state index contributed by atoms with van der Waals surface area (Å²) in [5, 5.41) is 0.412. The van der Waals surface area contributed by atoms with E-state index in [1.54, 1.807) is 0 Å². The zero-order chi connectivity index (χ0) is 15.0. The van der Waals surface area contributed by atoms with E-state index in [9.17, 15) is 13.2 Å². The molecule has 1 fully saturated rings. The van der Waals surface area contributed by atoms with Crippen LogP contribution in [0.25, 0.3) is 0 Å². The van der Waals surface area contributed by atoms with E-state index in [0.717, 1.165) is 12.8 Å². The molecule has 0 aromatic heterocycles. The number of nitrogens with two attached hydrogens (primary N) is 1. The highest BCUT2D eigenvalue weighted by Crippen LogP contribution is 2.32. The minimum atomic E-state index is -3.91. The number of carbonyl (C=O) groups excluding carboxylic acids is 1. The molecule has 1 amide bonds. The zero-order valence-corrected chi connectivity index (χ0v) is 12.9. The van der Waals surface area contributed by atoms with E-state index in [1.165, 1.54) is 18.2 Å². The van der Waals surface area contributed by atoms with Crippen molar-refractivity contribution in [1.82, 2.24) is 4.72 Å². The lowest BCUT2D eigenvalue weighted by Gasteiger charge is -2.26. The highest BCUT2D eigenvalue weighted by Gasteiger charge is 2.43. The van der Waals surface area contributed by atoms with Crippen LogP contribution in [-0.4, -0.2) is 19.9 Å². The van der Waals surface area contributed by atoms with Gasteiger partial charge in [-0.2, -0.15) is 4.72 Å². The third-order valence-electron chi connectivity index (χ3n) is 3.40. The summed E-state index contributed by atoms with van der Waals surface area (Å²) in [6, 6.07) is 3.99. The number of sulfonamides is 1. The molecule has 1 aromatic carbocycles. The second kappa shape index (κ2) is 5.52. The summed E-state index contributed by atoms with van der Waals surface area (Å²) in [4.78, 5) is 11.5. The molecule has 0 radical (unpaired) electrons. The molecule has 110 valence electrons. The lowest BCUT2D eigenvalue weighted by Crippen LogP contribution is -2.55. The molecule has 0 aliphatic heterocycles. The Bertz CT molecular complexity index is 620. The Morgan fingerprint density at radius 1 is 1.15 bits per heavy atom. The molecule has 2 rings (SSSR count). The maximum Gasteiger partial charge on any atom is 0.241 e. The summed E-state index contributed by atoms with van der Waals surface area (Å²) in [7, 11) is -3.91. The quantitative estimate of drug-likeness (QED) is 0.881. The molecule has 5 nitrogen and oxygen atoms in total. The van der Waals surface area contributed by atoms with Crippen LogP contribution in [0.1, 0.15) is 25.7 Å². The van der Waals surface area contributed by atoms with E-state index in [0.29, 0.717) is 12.8 Å². The minimum Gasteiger partial charge on any atom is -0.368 e. The van der Waals surface area contributed by atoms with Crippen molar-refractivity contribution in [2.75, 3.05) is 0 Å². The first-order valence-electron chi connectivity index (χ1n) is 6.05. The predicted octanol–water partition coefficient (Wildman–Crippen LogP) is 2.07. The van der Waals surface area contributed by atoms with Gasteiger partial charge in [-0.15, -0.1) is 0 Å². The summed E-state index contributed by atoms with van der Waals surface area (Å²) in [5.74, 6) is -0.660. The van der Waals surface area contributed by atoms with Gasteiger partial charge < -0.3 is 5.73 Å². The average Bonchev–Trinajstić information content (AvgIpc) is 2.76. The number of carbonyl (C=O) groups is 1. The summed E-state index contributed by atoms with van der Waals surface area (Å²) in [5.41, 5.74) is 4.15. The predicted molar refractivity (Wildman–Crippen MR) is 77.2 cm³/mol. The smallest absolute Gasteiger partial charge is 0.241 e. The molecule has 0 spiro atoms. The SMILES string of the molecule is NC(=O)C1(NS(=O)(=O)c2cc(Cl)cc(Cl)c2)CCCC1. The Labute approximate surface area is 127 Å². The number of nitrogens with one attached hydrogen (secondary N) is 1. The van der Waals surface area contributed by atoms with Crippen molar-refractivity contribution in [3.8, 4) is 0 Å². The van der Waals surface area contributed by atoms with Crippen molar-refractivity contribution in [1.29, 1.82) is 0 Å². The number of rotatable bonds is 4. The normalized spacial score (nSPS) is 18.1. The van der Waals surface area contributed by atoms with Crippen molar-refractivity contribution >= 4 is 39.1 Å². The molecule has 1 saturated carbocycles. The largest absolute Gasteiger partial charge is 0.368 e. The van der Waals surface area contributed by atoms with Gasteiger partial charge in [-0.1, -0.05) is 36.0 Å². The summed E-state index contributed by atoms with van der Waals surface area (Å²) in [6.07, 6.45) is 2.30. The monoisotopic (exact) mass is 336 g/mol. The topological polar surface area (TPSA) is 89.3 Å². The third-order valence-corrected chi connectivity index (χ3v) is 5.36. The van der Waals surface area contributed by atoms with Gasteiger partial charge in [0.1, 0.15) is 5.54 Å². The van der Waals surface area contributed by atoms with Crippen LogP contribution in [0.4, 0.5) is 0 Å². The van der Waals surface area contributed by atoms with Gasteiger partial charge in [0, 0.05) is 10.0 Å². The van der Waals surface area contributed by atoms with Crippen LogP contribution < -0.4 is 10.5 Å². The van der Waals surface area contributed by atoms with Crippen LogP contribution in [0.15, 0.2) is 23.1 Å². The van der Waals surface area contributed by atoms with Gasteiger partial charge in [0.25, 0.3) is 0 Å². The molecule has 0 saturated heterocycles. The van der Waals surface area contributed by atoms with E-state index in [-0.39, 0.29) is 14.9 Å². The summed E-state index contributed by atoms with van der Waals surface area (Å²) < 4.78 is 27.2. The lowest BCUT2D eigenvalue weighted by atomic mass is 9.99. The van der Waals surface area contributed by atoms with Crippen LogP contribution in [0.3, 0.4) is 0 Å². The van der Waals surface area contributed by atoms with E-state index in [2.05, 4.69) is 4.72 Å². The first-order chi connectivity index (χ1) is 9.25. The Morgan fingerprint density at radius 2 is 1.65 bits per heavy atom. The minimum absolute atomic E-state index is 0.0810. The molecule has 0 atom stereocenters. The molecular formula is C12H14Cl2N2O3S. The van der Waals surface area contributed by atoms with Crippen molar-refractivity contribution in [2.24, 2.45) is 5.73 Å². The fourth-order valence-corrected chi connectivity index (χ4v) is 4.53. The van der Waals surface area contributed by atoms with E-state index >= 15 is 0 Å². The van der Waals surface area contributed by atoms with Gasteiger partial charge in [0.2, 0.25) is 15.9 Å². The number of amides is 1. The lowest BCUT2D eigenvalue weighted by molar-refractivity contribution is -0.123. The molecule has 8 heteroatoms. The van der Waals surface area contributed by atoms with Crippen LogP contribution in [0.5, 0.6) is 0 Å². The fraction of sp³-hybridized carbons (Fsp3) is 0.417. The Morgan fingerprint density at radius 3 is 2.10 bits per heavy atom. The highest BCUT2D eigenvalue weighted by molar-refractivity contribution is 7.89. The molecule has 0 unspecified atom stereocenters. The van der Waals surface area contributed by atoms with Crippen molar-refractivity contribution in [3.05, 3.63) is 28.2 Å². The van der Waals surface area contributed by atoms with E-state index in [1.807, 2.05) is 0 Å². The second-order valence-electron chi connectivity index (χ2n) is 4.86. The summed E-state index contributed by atoms with van der Waals surface area (Å²) >= 11 is 11.6. The molecule has 0 heterocycles. The molecule has 0 bridgehead atoms. The Balaban J connectivity index is 2.38. The highest BCUT2D eigenvalue weighted by atomic mass is 35.5. The van der Waals surface area contributed by atoms with E-state index in [4.69, 9.17) is 28.9 Å². The van der Waals surface area contributed by atoms with Gasteiger partial charge in [-0.25, -0.2) is 8.42 Å². The molecule has 3 N–H and O–H groups in total. The average molecular weight is 337 g/mol. The van der Waals surface area contributed by atoms with Crippen molar-refractivity contribution < 1.29 is 13.2 Å². The van der Waals surface area contributed by atoms with Crippen molar-refractivity contribution in [3.63, 3.8) is 0 Å². The number of benzene rings is 1. The zero-order valence-electron chi connectivity index (χ0n) is 10.5. The van der Waals surface area contributed by atoms with Crippen molar-refractivity contribution in [2.45, 2.75) is 36.1 Å². The molecule has 1 aliphatic rings. The van der Waals surface area contributed by atoms with Gasteiger partial charge in [-0.3, -0.25) is 4.79 Å². The number of halogens is 2. The van der Waals surface area contributed by atoms with Crippen LogP contribution in [0.2, 0.25) is 10.0 Å². The standard InChI is InChI=1S/C12H14Cl2N2O3S/c13-8-5-9(14)7-10(6-8)20(18,19)16-12(11(15)17)3-1-2-4-12/h5-7,16H,1-4H2,(H2,15,17). The maximum atomic E-state index is 12.4. The third kappa shape index (κ3) is 3.09. The molecule has 20 heavy (non-hydrogen) atoms. The number of hydrogen-bond acceptors (Lipinski definition) is 3. The first kappa shape index (κ1) is 15.6. The van der Waals surface area contributed by atoms with Gasteiger partial charge >= 0.3 is 0 Å². The second-order valence-corrected chi connectivity index (χ2v) is 7.42. The Kier molecular flexibility index (Phi) is 4.30.